The molecular weight excluding hydrogens is 563 g/mol. The summed E-state index contributed by atoms with van der Waals surface area (Å²) < 4.78 is 71.6. The maximum atomic E-state index is 16.0. The number of hydrogen-bond acceptors (Lipinski definition) is 7. The zero-order valence-corrected chi connectivity index (χ0v) is 22.8. The van der Waals surface area contributed by atoms with Crippen LogP contribution in [0.5, 0.6) is 0 Å². The second kappa shape index (κ2) is 11.4. The Balaban J connectivity index is 1.59. The van der Waals surface area contributed by atoms with Gasteiger partial charge in [-0.25, -0.2) is 31.6 Å². The molecule has 0 radical (unpaired) electrons. The van der Waals surface area contributed by atoms with Crippen molar-refractivity contribution in [2.24, 2.45) is 0 Å². The zero-order valence-electron chi connectivity index (χ0n) is 21.2. The molecule has 0 aliphatic carbocycles. The van der Waals surface area contributed by atoms with Gasteiger partial charge in [-0.1, -0.05) is 6.07 Å². The molecule has 3 heterocycles. The standard InChI is InChI=1S/C27H24F3N5O3S2/c1-15(36)33-23-13-17(9-12-32-23)26-25(34-27(39-26)16-7-10-31-11-8-16)19-3-2-4-21(24(19)30)35-40(37,38)22-14-18(28)5-6-20(22)29/h2-6,9,12-14,16,31,35H,7-8,10-11H2,1H3,(H,32,33,36). The van der Waals surface area contributed by atoms with Gasteiger partial charge in [0.1, 0.15) is 22.3 Å². The molecular formula is C27H24F3N5O3S2. The molecule has 1 aliphatic rings. The van der Waals surface area contributed by atoms with Crippen LogP contribution in [0.3, 0.4) is 0 Å². The van der Waals surface area contributed by atoms with Gasteiger partial charge in [0.25, 0.3) is 10.0 Å². The van der Waals surface area contributed by atoms with Crippen molar-refractivity contribution in [2.45, 2.75) is 30.6 Å². The number of halogens is 3. The van der Waals surface area contributed by atoms with E-state index in [2.05, 4.69) is 15.6 Å². The summed E-state index contributed by atoms with van der Waals surface area (Å²) in [4.78, 5) is 20.2. The molecule has 0 bridgehead atoms. The number of nitrogens with zero attached hydrogens (tertiary/aromatic N) is 2. The fourth-order valence-corrected chi connectivity index (χ4v) is 6.85. The van der Waals surface area contributed by atoms with E-state index in [9.17, 15) is 22.0 Å². The lowest BCUT2D eigenvalue weighted by atomic mass is 9.99. The predicted molar refractivity (Wildman–Crippen MR) is 147 cm³/mol. The number of amides is 1. The Kier molecular flexibility index (Phi) is 7.88. The fraction of sp³-hybridized carbons (Fsp3) is 0.222. The average molecular weight is 588 g/mol. The van der Waals surface area contributed by atoms with E-state index < -0.39 is 38.1 Å². The smallest absolute Gasteiger partial charge is 0.265 e. The third kappa shape index (κ3) is 5.86. The van der Waals surface area contributed by atoms with Gasteiger partial charge in [-0.15, -0.1) is 11.3 Å². The van der Waals surface area contributed by atoms with Gasteiger partial charge in [0, 0.05) is 24.6 Å². The Morgan fingerprint density at radius 3 is 2.60 bits per heavy atom. The molecule has 13 heteroatoms. The lowest BCUT2D eigenvalue weighted by Gasteiger charge is -2.20. The highest BCUT2D eigenvalue weighted by molar-refractivity contribution is 7.92. The molecule has 40 heavy (non-hydrogen) atoms. The molecule has 3 N–H and O–H groups in total. The van der Waals surface area contributed by atoms with Gasteiger partial charge in [-0.05, 0) is 74.0 Å². The van der Waals surface area contributed by atoms with E-state index in [0.717, 1.165) is 37.0 Å². The molecule has 0 unspecified atom stereocenters. The third-order valence-corrected chi connectivity index (χ3v) is 8.99. The normalized spacial score (nSPS) is 14.2. The molecule has 1 aliphatic heterocycles. The van der Waals surface area contributed by atoms with Crippen LogP contribution < -0.4 is 15.4 Å². The van der Waals surface area contributed by atoms with Gasteiger partial charge in [0.15, 0.2) is 5.82 Å². The van der Waals surface area contributed by atoms with Crippen molar-refractivity contribution in [2.75, 3.05) is 23.1 Å². The summed E-state index contributed by atoms with van der Waals surface area (Å²) in [6.45, 7) is 3.00. The number of nitrogens with one attached hydrogen (secondary N) is 3. The highest BCUT2D eigenvalue weighted by atomic mass is 32.2. The zero-order chi connectivity index (χ0) is 28.4. The molecule has 0 saturated carbocycles. The van der Waals surface area contributed by atoms with Gasteiger partial charge < -0.3 is 10.6 Å². The van der Waals surface area contributed by atoms with Crippen LogP contribution in [0.4, 0.5) is 24.7 Å². The minimum Gasteiger partial charge on any atom is -0.317 e. The minimum atomic E-state index is -4.66. The highest BCUT2D eigenvalue weighted by Crippen LogP contribution is 2.43. The van der Waals surface area contributed by atoms with Crippen molar-refractivity contribution in [1.82, 2.24) is 15.3 Å². The number of carbonyl (C=O) groups excluding carboxylic acids is 1. The van der Waals surface area contributed by atoms with E-state index in [0.29, 0.717) is 28.4 Å². The summed E-state index contributed by atoms with van der Waals surface area (Å²) in [6.07, 6.45) is 3.21. The topological polar surface area (TPSA) is 113 Å². The number of piperidine rings is 1. The Hall–Kier alpha value is -3.81. The monoisotopic (exact) mass is 587 g/mol. The Morgan fingerprint density at radius 1 is 1.07 bits per heavy atom. The van der Waals surface area contributed by atoms with Crippen LogP contribution >= 0.6 is 11.3 Å². The number of anilines is 2. The number of rotatable bonds is 7. The number of benzene rings is 2. The van der Waals surface area contributed by atoms with Crippen LogP contribution in [0.1, 0.15) is 30.7 Å². The maximum Gasteiger partial charge on any atom is 0.265 e. The number of sulfonamides is 1. The third-order valence-electron chi connectivity index (χ3n) is 6.34. The molecule has 1 saturated heterocycles. The summed E-state index contributed by atoms with van der Waals surface area (Å²) in [5, 5.41) is 6.74. The van der Waals surface area contributed by atoms with Crippen LogP contribution in [0.15, 0.2) is 59.6 Å². The Morgan fingerprint density at radius 2 is 1.85 bits per heavy atom. The number of thiazole rings is 1. The van der Waals surface area contributed by atoms with Crippen molar-refractivity contribution in [3.05, 3.63) is 77.2 Å². The van der Waals surface area contributed by atoms with Crippen LogP contribution in [0.2, 0.25) is 0 Å². The molecule has 2 aromatic carbocycles. The lowest BCUT2D eigenvalue weighted by molar-refractivity contribution is -0.114. The second-order valence-corrected chi connectivity index (χ2v) is 11.9. The molecule has 2 aromatic heterocycles. The van der Waals surface area contributed by atoms with Gasteiger partial charge >= 0.3 is 0 Å². The molecule has 4 aromatic rings. The summed E-state index contributed by atoms with van der Waals surface area (Å²) in [5.74, 6) is -2.90. The number of hydrogen-bond donors (Lipinski definition) is 3. The lowest BCUT2D eigenvalue weighted by Crippen LogP contribution is -2.26. The van der Waals surface area contributed by atoms with Crippen LogP contribution in [0.25, 0.3) is 21.7 Å². The van der Waals surface area contributed by atoms with E-state index in [1.807, 2.05) is 4.72 Å². The molecule has 1 amide bonds. The van der Waals surface area contributed by atoms with E-state index in [1.165, 1.54) is 42.7 Å². The largest absolute Gasteiger partial charge is 0.317 e. The first-order valence-corrected chi connectivity index (χ1v) is 14.6. The maximum absolute atomic E-state index is 16.0. The molecule has 208 valence electrons. The SMILES string of the molecule is CC(=O)Nc1cc(-c2sc(C3CCNCC3)nc2-c2cccc(NS(=O)(=O)c3cc(F)ccc3F)c2F)ccn1. The summed E-state index contributed by atoms with van der Waals surface area (Å²) >= 11 is 1.39. The van der Waals surface area contributed by atoms with Crippen molar-refractivity contribution < 1.29 is 26.4 Å². The highest BCUT2D eigenvalue weighted by Gasteiger charge is 2.27. The van der Waals surface area contributed by atoms with E-state index in [1.54, 1.807) is 12.1 Å². The van der Waals surface area contributed by atoms with Crippen LogP contribution in [0, 0.1) is 17.5 Å². The molecule has 0 atom stereocenters. The van der Waals surface area contributed by atoms with Crippen LogP contribution in [-0.4, -0.2) is 37.4 Å². The van der Waals surface area contributed by atoms with Crippen molar-refractivity contribution in [3.63, 3.8) is 0 Å². The van der Waals surface area contributed by atoms with Gasteiger partial charge in [-0.3, -0.25) is 9.52 Å². The van der Waals surface area contributed by atoms with Crippen molar-refractivity contribution in [1.29, 1.82) is 0 Å². The van der Waals surface area contributed by atoms with Gasteiger partial charge in [0.05, 0.1) is 21.3 Å². The first-order chi connectivity index (χ1) is 19.1. The number of aromatic nitrogens is 2. The Bertz CT molecular complexity index is 1690. The van der Waals surface area contributed by atoms with E-state index in [4.69, 9.17) is 4.98 Å². The first-order valence-electron chi connectivity index (χ1n) is 12.3. The summed E-state index contributed by atoms with van der Waals surface area (Å²) in [7, 11) is -4.66. The molecule has 0 spiro atoms. The van der Waals surface area contributed by atoms with E-state index in [-0.39, 0.29) is 23.1 Å². The first kappa shape index (κ1) is 27.7. The Labute approximate surface area is 232 Å². The number of carbonyl (C=O) groups is 1. The molecule has 8 nitrogen and oxygen atoms in total. The van der Waals surface area contributed by atoms with Crippen molar-refractivity contribution in [3.8, 4) is 21.7 Å². The second-order valence-electron chi connectivity index (χ2n) is 9.21. The van der Waals surface area contributed by atoms with Crippen LogP contribution in [-0.2, 0) is 14.8 Å². The van der Waals surface area contributed by atoms with Gasteiger partial charge in [0.2, 0.25) is 5.91 Å². The summed E-state index contributed by atoms with van der Waals surface area (Å²) in [5.41, 5.74) is 0.495. The predicted octanol–water partition coefficient (Wildman–Crippen LogP) is 5.52. The summed E-state index contributed by atoms with van der Waals surface area (Å²) in [6, 6.07) is 9.47. The minimum absolute atomic E-state index is 0.0178. The van der Waals surface area contributed by atoms with Crippen molar-refractivity contribution >= 4 is 38.8 Å². The molecule has 5 rings (SSSR count). The van der Waals surface area contributed by atoms with E-state index >= 15 is 4.39 Å². The molecule has 1 fully saturated rings. The number of pyridine rings is 1. The average Bonchev–Trinajstić information content (AvgIpc) is 3.37. The van der Waals surface area contributed by atoms with Gasteiger partial charge in [-0.2, -0.15) is 0 Å². The quantitative estimate of drug-likeness (QED) is 0.263. The fourth-order valence-electron chi connectivity index (χ4n) is 4.46.